The summed E-state index contributed by atoms with van der Waals surface area (Å²) in [7, 11) is 0. The first kappa shape index (κ1) is 24.4. The van der Waals surface area contributed by atoms with Gasteiger partial charge in [0.2, 0.25) is 0 Å². The fourth-order valence-corrected chi connectivity index (χ4v) is 5.28. The lowest BCUT2D eigenvalue weighted by Crippen LogP contribution is -2.33. The van der Waals surface area contributed by atoms with Gasteiger partial charge in [-0.15, -0.1) is 0 Å². The van der Waals surface area contributed by atoms with Crippen LogP contribution in [0.1, 0.15) is 45.1 Å². The molecule has 0 radical (unpaired) electrons. The molecule has 2 heterocycles. The Morgan fingerprint density at radius 2 is 1.85 bits per heavy atom. The number of unbranched alkanes of at least 4 members (excludes halogenated alkanes) is 1. The van der Waals surface area contributed by atoms with Crippen molar-refractivity contribution in [3.05, 3.63) is 77.1 Å². The molecule has 1 amide bonds. The van der Waals surface area contributed by atoms with Crippen LogP contribution in [0.15, 0.2) is 65.7 Å². The van der Waals surface area contributed by atoms with E-state index in [-0.39, 0.29) is 11.7 Å². The molecule has 4 rings (SSSR count). The first-order valence-corrected chi connectivity index (χ1v) is 12.9. The lowest BCUT2D eigenvalue weighted by molar-refractivity contribution is -0.122. The van der Waals surface area contributed by atoms with Gasteiger partial charge >= 0.3 is 0 Å². The molecule has 7 heteroatoms. The summed E-state index contributed by atoms with van der Waals surface area (Å²) >= 11 is 6.91. The molecule has 2 aromatic carbocycles. The first-order chi connectivity index (χ1) is 16.5. The Labute approximate surface area is 209 Å². The van der Waals surface area contributed by atoms with Gasteiger partial charge in [0, 0.05) is 23.9 Å². The van der Waals surface area contributed by atoms with E-state index in [1.54, 1.807) is 21.7 Å². The SMILES string of the molecule is CCCCC(CC)CN1C(=O)/C(=C/c2cn(-c3ccccc3)nc2-c2ccc(F)cc2)SC1=S. The Morgan fingerprint density at radius 3 is 2.53 bits per heavy atom. The van der Waals surface area contributed by atoms with E-state index in [4.69, 9.17) is 17.3 Å². The van der Waals surface area contributed by atoms with E-state index in [2.05, 4.69) is 13.8 Å². The van der Waals surface area contributed by atoms with Crippen molar-refractivity contribution in [2.75, 3.05) is 6.54 Å². The lowest BCUT2D eigenvalue weighted by Gasteiger charge is -2.21. The molecule has 1 unspecified atom stereocenters. The van der Waals surface area contributed by atoms with Crippen molar-refractivity contribution in [2.45, 2.75) is 39.5 Å². The van der Waals surface area contributed by atoms with Crippen LogP contribution in [0.2, 0.25) is 0 Å². The van der Waals surface area contributed by atoms with Crippen LogP contribution in [-0.2, 0) is 4.79 Å². The van der Waals surface area contributed by atoms with E-state index in [0.29, 0.717) is 27.4 Å². The fraction of sp³-hybridized carbons (Fsp3) is 0.296. The second-order valence-electron chi connectivity index (χ2n) is 8.43. The number of hydrogen-bond acceptors (Lipinski definition) is 4. The molecule has 1 fully saturated rings. The van der Waals surface area contributed by atoms with Crippen molar-refractivity contribution in [1.82, 2.24) is 14.7 Å². The van der Waals surface area contributed by atoms with E-state index in [1.165, 1.54) is 23.9 Å². The average molecular weight is 494 g/mol. The van der Waals surface area contributed by atoms with Crippen molar-refractivity contribution < 1.29 is 9.18 Å². The average Bonchev–Trinajstić information content (AvgIpc) is 3.39. The zero-order valence-electron chi connectivity index (χ0n) is 19.4. The van der Waals surface area contributed by atoms with Gasteiger partial charge in [-0.1, -0.05) is 75.3 Å². The molecule has 1 aliphatic rings. The number of halogens is 1. The van der Waals surface area contributed by atoms with Gasteiger partial charge in [-0.2, -0.15) is 5.10 Å². The van der Waals surface area contributed by atoms with Gasteiger partial charge in [0.15, 0.2) is 0 Å². The van der Waals surface area contributed by atoms with Crippen LogP contribution in [0.5, 0.6) is 0 Å². The summed E-state index contributed by atoms with van der Waals surface area (Å²) in [6, 6.07) is 16.0. The van der Waals surface area contributed by atoms with Crippen molar-refractivity contribution in [1.29, 1.82) is 0 Å². The molecule has 1 aromatic heterocycles. The summed E-state index contributed by atoms with van der Waals surface area (Å²) < 4.78 is 15.9. The molecule has 0 bridgehead atoms. The van der Waals surface area contributed by atoms with Gasteiger partial charge in [0.05, 0.1) is 16.3 Å². The molecule has 1 saturated heterocycles. The number of nitrogens with zero attached hydrogens (tertiary/aromatic N) is 3. The number of para-hydroxylation sites is 1. The summed E-state index contributed by atoms with van der Waals surface area (Å²) in [5.41, 5.74) is 3.15. The maximum atomic E-state index is 13.5. The standard InChI is InChI=1S/C27H28FN3OS2/c1-3-5-9-19(4-2)17-30-26(32)24(34-27(30)33)16-21-18-31(23-10-7-6-8-11-23)29-25(21)20-12-14-22(28)15-13-20/h6-8,10-16,18-19H,3-5,9,17H2,1-2H3/b24-16-. The summed E-state index contributed by atoms with van der Waals surface area (Å²) in [6.07, 6.45) is 8.18. The van der Waals surface area contributed by atoms with Crippen molar-refractivity contribution >= 4 is 40.3 Å². The van der Waals surface area contributed by atoms with Crippen LogP contribution >= 0.6 is 24.0 Å². The van der Waals surface area contributed by atoms with E-state index in [9.17, 15) is 9.18 Å². The molecule has 0 aliphatic carbocycles. The number of rotatable bonds is 9. The van der Waals surface area contributed by atoms with Crippen molar-refractivity contribution in [3.63, 3.8) is 0 Å². The van der Waals surface area contributed by atoms with Gasteiger partial charge in [0.25, 0.3) is 5.91 Å². The maximum Gasteiger partial charge on any atom is 0.266 e. The Hall–Kier alpha value is -2.77. The Morgan fingerprint density at radius 1 is 1.12 bits per heavy atom. The van der Waals surface area contributed by atoms with E-state index in [1.807, 2.05) is 42.6 Å². The lowest BCUT2D eigenvalue weighted by atomic mass is 9.99. The first-order valence-electron chi connectivity index (χ1n) is 11.7. The number of benzene rings is 2. The van der Waals surface area contributed by atoms with Gasteiger partial charge in [0.1, 0.15) is 10.1 Å². The van der Waals surface area contributed by atoms with Crippen LogP contribution in [0, 0.1) is 11.7 Å². The highest BCUT2D eigenvalue weighted by Crippen LogP contribution is 2.36. The third-order valence-electron chi connectivity index (χ3n) is 6.03. The van der Waals surface area contributed by atoms with Crippen molar-refractivity contribution in [2.24, 2.45) is 5.92 Å². The van der Waals surface area contributed by atoms with E-state index in [0.717, 1.165) is 42.5 Å². The highest BCUT2D eigenvalue weighted by atomic mass is 32.2. The highest BCUT2D eigenvalue weighted by molar-refractivity contribution is 8.26. The summed E-state index contributed by atoms with van der Waals surface area (Å²) in [5, 5.41) is 4.76. The number of thioether (sulfide) groups is 1. The highest BCUT2D eigenvalue weighted by Gasteiger charge is 2.33. The van der Waals surface area contributed by atoms with Crippen molar-refractivity contribution in [3.8, 4) is 16.9 Å². The molecule has 176 valence electrons. The number of hydrogen-bond donors (Lipinski definition) is 0. The Bertz CT molecular complexity index is 1190. The van der Waals surface area contributed by atoms with Gasteiger partial charge in [-0.05, 0) is 54.8 Å². The molecule has 3 aromatic rings. The Kier molecular flexibility index (Phi) is 7.95. The summed E-state index contributed by atoms with van der Waals surface area (Å²) in [5.74, 6) is 0.0853. The van der Waals surface area contributed by atoms with Gasteiger partial charge in [-0.25, -0.2) is 9.07 Å². The molecule has 34 heavy (non-hydrogen) atoms. The van der Waals surface area contributed by atoms with Crippen LogP contribution in [-0.4, -0.2) is 31.5 Å². The smallest absolute Gasteiger partial charge is 0.266 e. The van der Waals surface area contributed by atoms with E-state index >= 15 is 0 Å². The molecule has 0 N–H and O–H groups in total. The third-order valence-corrected chi connectivity index (χ3v) is 7.40. The molecule has 4 nitrogen and oxygen atoms in total. The number of carbonyl (C=O) groups excluding carboxylic acids is 1. The zero-order valence-corrected chi connectivity index (χ0v) is 21.0. The molecule has 0 saturated carbocycles. The van der Waals surface area contributed by atoms with Gasteiger partial charge < -0.3 is 0 Å². The minimum Gasteiger partial charge on any atom is -0.293 e. The van der Waals surface area contributed by atoms with Gasteiger partial charge in [-0.3, -0.25) is 9.69 Å². The molecule has 1 atom stereocenters. The largest absolute Gasteiger partial charge is 0.293 e. The third kappa shape index (κ3) is 5.47. The Balaban J connectivity index is 1.67. The number of thiocarbonyl (C=S) groups is 1. The van der Waals surface area contributed by atoms with E-state index < -0.39 is 0 Å². The minimum absolute atomic E-state index is 0.0533. The van der Waals surface area contributed by atoms with Crippen LogP contribution in [0.25, 0.3) is 23.0 Å². The summed E-state index contributed by atoms with van der Waals surface area (Å²) in [4.78, 5) is 15.6. The number of amides is 1. The minimum atomic E-state index is -0.304. The molecule has 0 spiro atoms. The molecular weight excluding hydrogens is 465 g/mol. The maximum absolute atomic E-state index is 13.5. The topological polar surface area (TPSA) is 38.1 Å². The second-order valence-corrected chi connectivity index (χ2v) is 10.1. The zero-order chi connectivity index (χ0) is 24.1. The van der Waals surface area contributed by atoms with Crippen LogP contribution in [0.3, 0.4) is 0 Å². The quantitative estimate of drug-likeness (QED) is 0.235. The second kappa shape index (κ2) is 11.1. The predicted octanol–water partition coefficient (Wildman–Crippen LogP) is 7.10. The fourth-order valence-electron chi connectivity index (χ4n) is 4.01. The predicted molar refractivity (Wildman–Crippen MR) is 142 cm³/mol. The summed E-state index contributed by atoms with van der Waals surface area (Å²) in [6.45, 7) is 5.01. The molecular formula is C27H28FN3OS2. The molecule has 1 aliphatic heterocycles. The van der Waals surface area contributed by atoms with Crippen LogP contribution in [0.4, 0.5) is 4.39 Å². The normalized spacial score (nSPS) is 16.0. The monoisotopic (exact) mass is 493 g/mol. The van der Waals surface area contributed by atoms with Crippen LogP contribution < -0.4 is 0 Å². The number of carbonyl (C=O) groups is 1. The number of aromatic nitrogens is 2.